The molecule has 0 nitrogen and oxygen atoms in total. The molecule has 0 spiro atoms. The van der Waals surface area contributed by atoms with Crippen LogP contribution in [0.1, 0.15) is 27.6 Å². The van der Waals surface area contributed by atoms with Crippen molar-refractivity contribution >= 4 is 23.2 Å². The van der Waals surface area contributed by atoms with E-state index in [2.05, 4.69) is 0 Å². The van der Waals surface area contributed by atoms with Crippen molar-refractivity contribution in [2.45, 2.75) is 25.6 Å². The van der Waals surface area contributed by atoms with Gasteiger partial charge in [-0.3, -0.25) is 0 Å². The van der Waals surface area contributed by atoms with Crippen LogP contribution in [0.4, 0.5) is 4.39 Å². The van der Waals surface area contributed by atoms with Crippen molar-refractivity contribution in [1.82, 2.24) is 0 Å². The summed E-state index contributed by atoms with van der Waals surface area (Å²) in [5, 5.41) is 0.506. The molecule has 0 amide bonds. The molecule has 3 heteroatoms. The van der Waals surface area contributed by atoms with Crippen LogP contribution in [0, 0.1) is 19.7 Å². The van der Waals surface area contributed by atoms with Crippen LogP contribution in [0.2, 0.25) is 5.02 Å². The summed E-state index contributed by atoms with van der Waals surface area (Å²) in [4.78, 5) is 0. The van der Waals surface area contributed by atoms with Gasteiger partial charge in [0.1, 0.15) is 5.82 Å². The average Bonchev–Trinajstić information content (AvgIpc) is 2.30. The van der Waals surface area contributed by atoms with Gasteiger partial charge in [-0.1, -0.05) is 29.8 Å². The normalized spacial score (nSPS) is 12.5. The third kappa shape index (κ3) is 3.29. The molecular formula is C16H15Cl2F. The van der Waals surface area contributed by atoms with E-state index >= 15 is 0 Å². The number of benzene rings is 2. The maximum atomic E-state index is 13.3. The Balaban J connectivity index is 2.31. The lowest BCUT2D eigenvalue weighted by Gasteiger charge is -2.16. The standard InChI is InChI=1S/C16H15Cl2F/c1-10-7-13(19)8-11(2)16(10)15(18)9-12-5-3-4-6-14(12)17/h3-8,15H,9H2,1-2H3. The highest BCUT2D eigenvalue weighted by Crippen LogP contribution is 2.32. The average molecular weight is 297 g/mol. The highest BCUT2D eigenvalue weighted by molar-refractivity contribution is 6.31. The maximum Gasteiger partial charge on any atom is 0.123 e. The smallest absolute Gasteiger partial charge is 0.123 e. The Morgan fingerprint density at radius 3 is 2.26 bits per heavy atom. The summed E-state index contributed by atoms with van der Waals surface area (Å²) in [6, 6.07) is 10.7. The summed E-state index contributed by atoms with van der Waals surface area (Å²) in [6.07, 6.45) is 0.633. The van der Waals surface area contributed by atoms with Crippen LogP contribution in [-0.4, -0.2) is 0 Å². The highest BCUT2D eigenvalue weighted by atomic mass is 35.5. The molecule has 0 aliphatic heterocycles. The number of alkyl halides is 1. The van der Waals surface area contributed by atoms with Gasteiger partial charge in [-0.2, -0.15) is 0 Å². The number of halogens is 3. The molecule has 0 saturated heterocycles. The minimum absolute atomic E-state index is 0.208. The largest absolute Gasteiger partial charge is 0.207 e. The fourth-order valence-corrected chi connectivity index (χ4v) is 3.10. The van der Waals surface area contributed by atoms with Gasteiger partial charge in [0.25, 0.3) is 0 Å². The zero-order valence-corrected chi connectivity index (χ0v) is 12.4. The van der Waals surface area contributed by atoms with Crippen molar-refractivity contribution in [1.29, 1.82) is 0 Å². The molecule has 0 radical (unpaired) electrons. The minimum atomic E-state index is -0.222. The lowest BCUT2D eigenvalue weighted by Crippen LogP contribution is -2.02. The Kier molecular flexibility index (Phi) is 4.49. The molecule has 0 bridgehead atoms. The zero-order chi connectivity index (χ0) is 14.0. The van der Waals surface area contributed by atoms with Crippen LogP contribution in [0.3, 0.4) is 0 Å². The summed E-state index contributed by atoms with van der Waals surface area (Å²) in [5.74, 6) is -0.222. The molecule has 0 aromatic heterocycles. The van der Waals surface area contributed by atoms with Crippen LogP contribution in [0.25, 0.3) is 0 Å². The van der Waals surface area contributed by atoms with Crippen molar-refractivity contribution in [3.05, 3.63) is 69.5 Å². The van der Waals surface area contributed by atoms with Crippen LogP contribution in [-0.2, 0) is 6.42 Å². The predicted molar refractivity (Wildman–Crippen MR) is 79.6 cm³/mol. The van der Waals surface area contributed by atoms with Crippen molar-refractivity contribution in [3.8, 4) is 0 Å². The molecule has 100 valence electrons. The summed E-state index contributed by atoms with van der Waals surface area (Å²) in [6.45, 7) is 3.76. The fraction of sp³-hybridized carbons (Fsp3) is 0.250. The second kappa shape index (κ2) is 5.94. The molecule has 1 unspecified atom stereocenters. The van der Waals surface area contributed by atoms with Gasteiger partial charge in [0.15, 0.2) is 0 Å². The number of aryl methyl sites for hydroxylation is 2. The van der Waals surface area contributed by atoms with Gasteiger partial charge in [-0.05, 0) is 60.7 Å². The molecule has 2 aromatic carbocycles. The summed E-state index contributed by atoms with van der Waals surface area (Å²) in [5.41, 5.74) is 3.75. The van der Waals surface area contributed by atoms with Crippen molar-refractivity contribution in [2.75, 3.05) is 0 Å². The summed E-state index contributed by atoms with van der Waals surface area (Å²) in [7, 11) is 0. The minimum Gasteiger partial charge on any atom is -0.207 e. The van der Waals surface area contributed by atoms with E-state index in [0.29, 0.717) is 11.4 Å². The molecule has 0 fully saturated rings. The third-order valence-electron chi connectivity index (χ3n) is 3.23. The van der Waals surface area contributed by atoms with Gasteiger partial charge >= 0.3 is 0 Å². The quantitative estimate of drug-likeness (QED) is 0.645. The molecular weight excluding hydrogens is 282 g/mol. The Bertz CT molecular complexity index is 570. The van der Waals surface area contributed by atoms with Gasteiger partial charge in [0, 0.05) is 5.02 Å². The van der Waals surface area contributed by atoms with Gasteiger partial charge in [0.2, 0.25) is 0 Å². The number of rotatable bonds is 3. The van der Waals surface area contributed by atoms with Gasteiger partial charge in [0.05, 0.1) is 5.38 Å². The third-order valence-corrected chi connectivity index (χ3v) is 3.97. The Morgan fingerprint density at radius 1 is 1.11 bits per heavy atom. The van der Waals surface area contributed by atoms with Crippen molar-refractivity contribution in [3.63, 3.8) is 0 Å². The van der Waals surface area contributed by atoms with Crippen LogP contribution in [0.5, 0.6) is 0 Å². The summed E-state index contributed by atoms with van der Waals surface area (Å²) < 4.78 is 13.3. The van der Waals surface area contributed by atoms with Gasteiger partial charge in [-0.15, -0.1) is 11.6 Å². The van der Waals surface area contributed by atoms with Gasteiger partial charge in [-0.25, -0.2) is 4.39 Å². The predicted octanol–water partition coefficient (Wildman–Crippen LogP) is 5.62. The van der Waals surface area contributed by atoms with Crippen LogP contribution >= 0.6 is 23.2 Å². The SMILES string of the molecule is Cc1cc(F)cc(C)c1C(Cl)Cc1ccccc1Cl. The first kappa shape index (κ1) is 14.4. The van der Waals surface area contributed by atoms with E-state index in [1.165, 1.54) is 12.1 Å². The lowest BCUT2D eigenvalue weighted by atomic mass is 9.95. The molecule has 0 aliphatic rings. The maximum absolute atomic E-state index is 13.3. The van der Waals surface area contributed by atoms with Crippen LogP contribution < -0.4 is 0 Å². The van der Waals surface area contributed by atoms with Crippen molar-refractivity contribution in [2.24, 2.45) is 0 Å². The monoisotopic (exact) mass is 296 g/mol. The molecule has 0 saturated carbocycles. The van der Waals surface area contributed by atoms with E-state index in [9.17, 15) is 4.39 Å². The van der Waals surface area contributed by atoms with E-state index in [4.69, 9.17) is 23.2 Å². The van der Waals surface area contributed by atoms with E-state index < -0.39 is 0 Å². The lowest BCUT2D eigenvalue weighted by molar-refractivity contribution is 0.623. The Labute approximate surface area is 123 Å². The Hall–Kier alpha value is -1.05. The van der Waals surface area contributed by atoms with Crippen LogP contribution in [0.15, 0.2) is 36.4 Å². The van der Waals surface area contributed by atoms with Gasteiger partial charge < -0.3 is 0 Å². The summed E-state index contributed by atoms with van der Waals surface area (Å²) >= 11 is 12.6. The highest BCUT2D eigenvalue weighted by Gasteiger charge is 2.16. The second-order valence-corrected chi connectivity index (χ2v) is 5.65. The molecule has 0 heterocycles. The van der Waals surface area contributed by atoms with E-state index in [0.717, 1.165) is 22.3 Å². The van der Waals surface area contributed by atoms with Crippen molar-refractivity contribution < 1.29 is 4.39 Å². The first-order chi connectivity index (χ1) is 8.99. The molecule has 1 atom stereocenters. The Morgan fingerprint density at radius 2 is 1.68 bits per heavy atom. The van der Waals surface area contributed by atoms with E-state index in [1.54, 1.807) is 0 Å². The molecule has 2 aromatic rings. The molecule has 0 N–H and O–H groups in total. The first-order valence-electron chi connectivity index (χ1n) is 6.13. The fourth-order valence-electron chi connectivity index (χ4n) is 2.37. The second-order valence-electron chi connectivity index (χ2n) is 4.72. The number of hydrogen-bond donors (Lipinski definition) is 0. The van der Waals surface area contributed by atoms with E-state index in [-0.39, 0.29) is 11.2 Å². The van der Waals surface area contributed by atoms with E-state index in [1.807, 2.05) is 38.1 Å². The molecule has 2 rings (SSSR count). The molecule has 19 heavy (non-hydrogen) atoms. The zero-order valence-electron chi connectivity index (χ0n) is 10.9. The first-order valence-corrected chi connectivity index (χ1v) is 6.94. The topological polar surface area (TPSA) is 0 Å². The molecule has 0 aliphatic carbocycles. The number of hydrogen-bond acceptors (Lipinski definition) is 0.